The van der Waals surface area contributed by atoms with Crippen molar-refractivity contribution in [2.75, 3.05) is 16.9 Å². The van der Waals surface area contributed by atoms with Crippen LogP contribution in [0, 0.1) is 6.92 Å². The predicted octanol–water partition coefficient (Wildman–Crippen LogP) is 4.00. The van der Waals surface area contributed by atoms with E-state index in [1.807, 2.05) is 31.2 Å². The molecule has 0 saturated carbocycles. The maximum Gasteiger partial charge on any atom is 0.234 e. The first-order chi connectivity index (χ1) is 12.4. The Hall–Kier alpha value is -2.22. The lowest BCUT2D eigenvalue weighted by Crippen LogP contribution is -2.16. The topological polar surface area (TPSA) is 85.8 Å². The first kappa shape index (κ1) is 18.6. The molecule has 9 heteroatoms. The van der Waals surface area contributed by atoms with E-state index in [-0.39, 0.29) is 11.7 Å². The average molecular weight is 408 g/mol. The summed E-state index contributed by atoms with van der Waals surface area (Å²) >= 11 is 13.0. The molecule has 0 fully saturated rings. The monoisotopic (exact) mass is 407 g/mol. The zero-order chi connectivity index (χ0) is 18.7. The molecule has 3 aromatic rings. The van der Waals surface area contributed by atoms with E-state index in [4.69, 9.17) is 29.0 Å². The van der Waals surface area contributed by atoms with Gasteiger partial charge in [-0.05, 0) is 31.2 Å². The number of amides is 1. The molecule has 0 aliphatic rings. The van der Waals surface area contributed by atoms with E-state index in [1.165, 1.54) is 16.4 Å². The zero-order valence-corrected chi connectivity index (χ0v) is 16.1. The minimum Gasteiger partial charge on any atom is -0.335 e. The molecule has 0 aliphatic heterocycles. The van der Waals surface area contributed by atoms with E-state index in [0.717, 1.165) is 11.1 Å². The van der Waals surface area contributed by atoms with Gasteiger partial charge in [-0.2, -0.15) is 0 Å². The highest BCUT2D eigenvalue weighted by atomic mass is 35.5. The number of aryl methyl sites for hydroxylation is 1. The van der Waals surface area contributed by atoms with Crippen molar-refractivity contribution in [2.24, 2.45) is 0 Å². The molecule has 2 aromatic carbocycles. The standard InChI is InChI=1S/C17H15Cl2N5OS/c1-10-3-2-4-11(5-10)16-22-23-17(24(16)20)26-9-15(25)21-14-7-12(18)6-13(19)8-14/h2-8H,9,20H2,1H3,(H,21,25). The third-order valence-electron chi connectivity index (χ3n) is 3.42. The fourth-order valence-corrected chi connectivity index (χ4v) is 3.49. The minimum absolute atomic E-state index is 0.118. The largest absolute Gasteiger partial charge is 0.335 e. The van der Waals surface area contributed by atoms with Crippen LogP contribution in [0.4, 0.5) is 5.69 Å². The highest BCUT2D eigenvalue weighted by Gasteiger charge is 2.14. The number of hydrogen-bond acceptors (Lipinski definition) is 5. The Kier molecular flexibility index (Phi) is 5.70. The number of carbonyl (C=O) groups excluding carboxylic acids is 1. The third-order valence-corrected chi connectivity index (χ3v) is 4.80. The van der Waals surface area contributed by atoms with Gasteiger partial charge in [-0.15, -0.1) is 10.2 Å². The maximum atomic E-state index is 12.1. The number of rotatable bonds is 5. The van der Waals surface area contributed by atoms with Crippen LogP contribution in [0.5, 0.6) is 0 Å². The second-order valence-electron chi connectivity index (χ2n) is 5.54. The number of nitrogen functional groups attached to an aromatic ring is 1. The van der Waals surface area contributed by atoms with E-state index in [2.05, 4.69) is 15.5 Å². The molecule has 0 bridgehead atoms. The molecule has 3 N–H and O–H groups in total. The molecule has 0 unspecified atom stereocenters. The number of benzene rings is 2. The van der Waals surface area contributed by atoms with Gasteiger partial charge in [0, 0.05) is 21.3 Å². The van der Waals surface area contributed by atoms with Gasteiger partial charge >= 0.3 is 0 Å². The molecule has 0 saturated heterocycles. The molecule has 134 valence electrons. The van der Waals surface area contributed by atoms with Crippen molar-refractivity contribution >= 4 is 46.6 Å². The van der Waals surface area contributed by atoms with Crippen LogP contribution >= 0.6 is 35.0 Å². The second kappa shape index (κ2) is 7.99. The molecule has 3 rings (SSSR count). The first-order valence-electron chi connectivity index (χ1n) is 7.58. The maximum absolute atomic E-state index is 12.1. The van der Waals surface area contributed by atoms with Gasteiger partial charge in [0.25, 0.3) is 0 Å². The summed E-state index contributed by atoms with van der Waals surface area (Å²) in [6.07, 6.45) is 0. The van der Waals surface area contributed by atoms with E-state index in [1.54, 1.807) is 18.2 Å². The third kappa shape index (κ3) is 4.49. The SMILES string of the molecule is Cc1cccc(-c2nnc(SCC(=O)Nc3cc(Cl)cc(Cl)c3)n2N)c1. The number of anilines is 1. The van der Waals surface area contributed by atoms with Gasteiger partial charge in [0.15, 0.2) is 5.82 Å². The van der Waals surface area contributed by atoms with Crippen LogP contribution in [0.25, 0.3) is 11.4 Å². The molecule has 0 spiro atoms. The van der Waals surface area contributed by atoms with Crippen molar-refractivity contribution in [2.45, 2.75) is 12.1 Å². The van der Waals surface area contributed by atoms with Crippen molar-refractivity contribution in [1.29, 1.82) is 0 Å². The first-order valence-corrected chi connectivity index (χ1v) is 9.33. The average Bonchev–Trinajstić information content (AvgIpc) is 2.93. The van der Waals surface area contributed by atoms with E-state index >= 15 is 0 Å². The number of thioether (sulfide) groups is 1. The quantitative estimate of drug-likeness (QED) is 0.492. The highest BCUT2D eigenvalue weighted by molar-refractivity contribution is 7.99. The Bertz CT molecular complexity index is 940. The molecular formula is C17H15Cl2N5OS. The summed E-state index contributed by atoms with van der Waals surface area (Å²) in [5, 5.41) is 12.2. The van der Waals surface area contributed by atoms with Crippen molar-refractivity contribution < 1.29 is 4.79 Å². The van der Waals surface area contributed by atoms with Crippen molar-refractivity contribution in [3.8, 4) is 11.4 Å². The van der Waals surface area contributed by atoms with Gasteiger partial charge in [-0.3, -0.25) is 4.79 Å². The van der Waals surface area contributed by atoms with Crippen LogP contribution in [-0.2, 0) is 4.79 Å². The van der Waals surface area contributed by atoms with Crippen molar-refractivity contribution in [3.63, 3.8) is 0 Å². The Balaban J connectivity index is 1.65. The number of nitrogens with one attached hydrogen (secondary N) is 1. The van der Waals surface area contributed by atoms with Gasteiger partial charge in [-0.1, -0.05) is 58.7 Å². The van der Waals surface area contributed by atoms with E-state index in [0.29, 0.717) is 26.7 Å². The van der Waals surface area contributed by atoms with E-state index in [9.17, 15) is 4.79 Å². The second-order valence-corrected chi connectivity index (χ2v) is 7.36. The number of hydrogen-bond donors (Lipinski definition) is 2. The Morgan fingerprint density at radius 1 is 1.19 bits per heavy atom. The number of carbonyl (C=O) groups is 1. The number of halogens is 2. The summed E-state index contributed by atoms with van der Waals surface area (Å²) in [5.74, 6) is 6.50. The van der Waals surface area contributed by atoms with Gasteiger partial charge in [0.2, 0.25) is 11.1 Å². The summed E-state index contributed by atoms with van der Waals surface area (Å²) in [4.78, 5) is 12.1. The highest BCUT2D eigenvalue weighted by Crippen LogP contribution is 2.24. The fourth-order valence-electron chi connectivity index (χ4n) is 2.31. The normalized spacial score (nSPS) is 10.7. The molecule has 0 atom stereocenters. The minimum atomic E-state index is -0.228. The van der Waals surface area contributed by atoms with Crippen LogP contribution in [0.2, 0.25) is 10.0 Å². The number of nitrogens with zero attached hydrogens (tertiary/aromatic N) is 3. The molecule has 1 amide bonds. The van der Waals surface area contributed by atoms with Crippen LogP contribution < -0.4 is 11.2 Å². The summed E-state index contributed by atoms with van der Waals surface area (Å²) in [7, 11) is 0. The summed E-state index contributed by atoms with van der Waals surface area (Å²) in [6.45, 7) is 1.99. The Labute approximate surface area is 164 Å². The van der Waals surface area contributed by atoms with Crippen molar-refractivity contribution in [3.05, 3.63) is 58.1 Å². The molecule has 1 aromatic heterocycles. The van der Waals surface area contributed by atoms with Crippen LogP contribution in [-0.4, -0.2) is 26.5 Å². The Morgan fingerprint density at radius 3 is 2.62 bits per heavy atom. The molecule has 0 radical (unpaired) electrons. The molecule has 6 nitrogen and oxygen atoms in total. The fraction of sp³-hybridized carbons (Fsp3) is 0.118. The number of nitrogens with two attached hydrogens (primary N) is 1. The Morgan fingerprint density at radius 2 is 1.92 bits per heavy atom. The smallest absolute Gasteiger partial charge is 0.234 e. The lowest BCUT2D eigenvalue weighted by atomic mass is 10.1. The van der Waals surface area contributed by atoms with Crippen molar-refractivity contribution in [1.82, 2.24) is 14.9 Å². The van der Waals surface area contributed by atoms with Crippen LogP contribution in [0.15, 0.2) is 47.6 Å². The van der Waals surface area contributed by atoms with E-state index < -0.39 is 0 Å². The summed E-state index contributed by atoms with van der Waals surface area (Å²) in [5.41, 5.74) is 2.49. The lowest BCUT2D eigenvalue weighted by molar-refractivity contribution is -0.113. The van der Waals surface area contributed by atoms with Crippen LogP contribution in [0.1, 0.15) is 5.56 Å². The van der Waals surface area contributed by atoms with Gasteiger partial charge in [0.05, 0.1) is 5.75 Å². The van der Waals surface area contributed by atoms with Crippen LogP contribution in [0.3, 0.4) is 0 Å². The van der Waals surface area contributed by atoms with Gasteiger partial charge in [-0.25, -0.2) is 4.68 Å². The molecular weight excluding hydrogens is 393 g/mol. The molecule has 26 heavy (non-hydrogen) atoms. The summed E-state index contributed by atoms with van der Waals surface area (Å²) < 4.78 is 1.38. The zero-order valence-electron chi connectivity index (χ0n) is 13.7. The lowest BCUT2D eigenvalue weighted by Gasteiger charge is -2.07. The molecule has 1 heterocycles. The summed E-state index contributed by atoms with van der Waals surface area (Å²) in [6, 6.07) is 12.6. The predicted molar refractivity (Wildman–Crippen MR) is 106 cm³/mol. The van der Waals surface area contributed by atoms with Gasteiger partial charge in [0.1, 0.15) is 0 Å². The molecule has 0 aliphatic carbocycles. The van der Waals surface area contributed by atoms with Gasteiger partial charge < -0.3 is 11.2 Å². The number of aromatic nitrogens is 3.